The predicted octanol–water partition coefficient (Wildman–Crippen LogP) is 2.74. The van der Waals surface area contributed by atoms with Gasteiger partial charge in [0.25, 0.3) is 0 Å². The van der Waals surface area contributed by atoms with Crippen LogP contribution in [0.15, 0.2) is 0 Å². The van der Waals surface area contributed by atoms with Crippen LogP contribution in [0.5, 0.6) is 0 Å². The zero-order chi connectivity index (χ0) is 11.3. The molecule has 1 aliphatic rings. The van der Waals surface area contributed by atoms with Crippen molar-refractivity contribution in [3.8, 4) is 0 Å². The minimum Gasteiger partial charge on any atom is -0.435 e. The summed E-state index contributed by atoms with van der Waals surface area (Å²) < 4.78 is 10.7. The molecule has 0 radical (unpaired) electrons. The highest BCUT2D eigenvalue weighted by Crippen LogP contribution is 2.29. The van der Waals surface area contributed by atoms with E-state index in [-0.39, 0.29) is 18.2 Å². The second kappa shape index (κ2) is 6.11. The zero-order valence-corrected chi connectivity index (χ0v) is 9.99. The number of ether oxygens (including phenoxy) is 2. The van der Waals surface area contributed by atoms with E-state index >= 15 is 0 Å². The third-order valence-electron chi connectivity index (χ3n) is 2.62. The van der Waals surface area contributed by atoms with Crippen LogP contribution in [0, 0.1) is 11.8 Å². The first-order chi connectivity index (χ1) is 7.13. The lowest BCUT2D eigenvalue weighted by atomic mass is 9.95. The Morgan fingerprint density at radius 2 is 2.27 bits per heavy atom. The Labute approximate surface area is 92.1 Å². The lowest BCUT2D eigenvalue weighted by Crippen LogP contribution is -2.22. The molecule has 2 unspecified atom stereocenters. The van der Waals surface area contributed by atoms with E-state index in [4.69, 9.17) is 9.47 Å². The highest BCUT2D eigenvalue weighted by molar-refractivity contribution is 5.71. The molecule has 1 fully saturated rings. The van der Waals surface area contributed by atoms with Crippen LogP contribution in [-0.2, 0) is 14.3 Å². The average Bonchev–Trinajstić information content (AvgIpc) is 2.46. The SMILES string of the molecule is CCCCOC1OC(=O)CC1CC(C)C. The first-order valence-corrected chi connectivity index (χ1v) is 5.94. The Hall–Kier alpha value is -0.570. The van der Waals surface area contributed by atoms with Crippen molar-refractivity contribution in [2.75, 3.05) is 6.61 Å². The summed E-state index contributed by atoms with van der Waals surface area (Å²) in [7, 11) is 0. The average molecular weight is 214 g/mol. The Morgan fingerprint density at radius 1 is 1.53 bits per heavy atom. The quantitative estimate of drug-likeness (QED) is 0.504. The topological polar surface area (TPSA) is 35.5 Å². The standard InChI is InChI=1S/C12H22O3/c1-4-5-6-14-12-10(7-9(2)3)8-11(13)15-12/h9-10,12H,4-8H2,1-3H3. The van der Waals surface area contributed by atoms with Crippen molar-refractivity contribution < 1.29 is 14.3 Å². The van der Waals surface area contributed by atoms with E-state index in [0.29, 0.717) is 18.9 Å². The van der Waals surface area contributed by atoms with Crippen molar-refractivity contribution in [1.29, 1.82) is 0 Å². The van der Waals surface area contributed by atoms with E-state index in [1.165, 1.54) is 0 Å². The van der Waals surface area contributed by atoms with Gasteiger partial charge >= 0.3 is 5.97 Å². The molecule has 0 aromatic carbocycles. The van der Waals surface area contributed by atoms with Crippen LogP contribution in [0.2, 0.25) is 0 Å². The van der Waals surface area contributed by atoms with Gasteiger partial charge in [0, 0.05) is 5.92 Å². The zero-order valence-electron chi connectivity index (χ0n) is 9.99. The maximum atomic E-state index is 11.2. The summed E-state index contributed by atoms with van der Waals surface area (Å²) in [6.07, 6.45) is 3.38. The highest BCUT2D eigenvalue weighted by atomic mass is 16.7. The summed E-state index contributed by atoms with van der Waals surface area (Å²) in [6.45, 7) is 7.14. The van der Waals surface area contributed by atoms with E-state index in [1.807, 2.05) is 0 Å². The lowest BCUT2D eigenvalue weighted by Gasteiger charge is -2.19. The largest absolute Gasteiger partial charge is 0.435 e. The molecule has 0 N–H and O–H groups in total. The fourth-order valence-electron chi connectivity index (χ4n) is 1.90. The minimum absolute atomic E-state index is 0.109. The van der Waals surface area contributed by atoms with Crippen molar-refractivity contribution in [3.63, 3.8) is 0 Å². The van der Waals surface area contributed by atoms with E-state index in [2.05, 4.69) is 20.8 Å². The number of cyclic esters (lactones) is 1. The Kier molecular flexibility index (Phi) is 5.09. The van der Waals surface area contributed by atoms with E-state index in [0.717, 1.165) is 19.3 Å². The number of carbonyl (C=O) groups is 1. The maximum Gasteiger partial charge on any atom is 0.308 e. The van der Waals surface area contributed by atoms with Gasteiger partial charge in [-0.05, 0) is 18.8 Å². The maximum absolute atomic E-state index is 11.2. The molecule has 0 amide bonds. The molecule has 88 valence electrons. The van der Waals surface area contributed by atoms with Gasteiger partial charge in [0.15, 0.2) is 0 Å². The number of hydrogen-bond donors (Lipinski definition) is 0. The summed E-state index contributed by atoms with van der Waals surface area (Å²) in [5.41, 5.74) is 0. The molecule has 0 aromatic rings. The third-order valence-corrected chi connectivity index (χ3v) is 2.62. The monoisotopic (exact) mass is 214 g/mol. The third kappa shape index (κ3) is 4.20. The van der Waals surface area contributed by atoms with Gasteiger partial charge in [0.05, 0.1) is 13.0 Å². The van der Waals surface area contributed by atoms with Crippen LogP contribution in [0.3, 0.4) is 0 Å². The first kappa shape index (κ1) is 12.5. The van der Waals surface area contributed by atoms with Gasteiger partial charge in [-0.2, -0.15) is 0 Å². The Bertz CT molecular complexity index is 201. The van der Waals surface area contributed by atoms with Crippen molar-refractivity contribution in [2.45, 2.75) is 52.7 Å². The van der Waals surface area contributed by atoms with E-state index in [9.17, 15) is 4.79 Å². The van der Waals surface area contributed by atoms with Gasteiger partial charge < -0.3 is 9.47 Å². The van der Waals surface area contributed by atoms with Crippen LogP contribution in [0.25, 0.3) is 0 Å². The molecule has 1 rings (SSSR count). The van der Waals surface area contributed by atoms with E-state index in [1.54, 1.807) is 0 Å². The number of rotatable bonds is 6. The summed E-state index contributed by atoms with van der Waals surface area (Å²) in [5.74, 6) is 0.735. The van der Waals surface area contributed by atoms with Gasteiger partial charge in [0.2, 0.25) is 6.29 Å². The second-order valence-corrected chi connectivity index (χ2v) is 4.68. The Morgan fingerprint density at radius 3 is 2.87 bits per heavy atom. The van der Waals surface area contributed by atoms with E-state index < -0.39 is 0 Å². The van der Waals surface area contributed by atoms with Crippen LogP contribution in [0.1, 0.15) is 46.5 Å². The van der Waals surface area contributed by atoms with Gasteiger partial charge in [0.1, 0.15) is 0 Å². The van der Waals surface area contributed by atoms with Gasteiger partial charge in [-0.25, -0.2) is 0 Å². The summed E-state index contributed by atoms with van der Waals surface area (Å²) in [4.78, 5) is 11.2. The molecule has 3 nitrogen and oxygen atoms in total. The van der Waals surface area contributed by atoms with Crippen LogP contribution in [-0.4, -0.2) is 18.9 Å². The first-order valence-electron chi connectivity index (χ1n) is 5.94. The number of unbranched alkanes of at least 4 members (excludes halogenated alkanes) is 1. The predicted molar refractivity (Wildman–Crippen MR) is 58.3 cm³/mol. The van der Waals surface area contributed by atoms with Crippen LogP contribution < -0.4 is 0 Å². The highest BCUT2D eigenvalue weighted by Gasteiger charge is 2.35. The van der Waals surface area contributed by atoms with Gasteiger partial charge in [-0.15, -0.1) is 0 Å². The number of carbonyl (C=O) groups excluding carboxylic acids is 1. The lowest BCUT2D eigenvalue weighted by molar-refractivity contribution is -0.168. The van der Waals surface area contributed by atoms with Crippen LogP contribution in [0.4, 0.5) is 0 Å². The molecular weight excluding hydrogens is 192 g/mol. The molecule has 1 saturated heterocycles. The molecule has 0 saturated carbocycles. The fourth-order valence-corrected chi connectivity index (χ4v) is 1.90. The van der Waals surface area contributed by atoms with Crippen molar-refractivity contribution >= 4 is 5.97 Å². The normalized spacial score (nSPS) is 26.0. The number of hydrogen-bond acceptors (Lipinski definition) is 3. The van der Waals surface area contributed by atoms with Crippen molar-refractivity contribution in [2.24, 2.45) is 11.8 Å². The Balaban J connectivity index is 2.35. The molecule has 2 atom stereocenters. The molecule has 1 aliphatic heterocycles. The molecule has 3 heteroatoms. The van der Waals surface area contributed by atoms with Crippen molar-refractivity contribution in [3.05, 3.63) is 0 Å². The molecule has 1 heterocycles. The fraction of sp³-hybridized carbons (Fsp3) is 0.917. The molecule has 0 aliphatic carbocycles. The molecular formula is C12H22O3. The molecule has 0 bridgehead atoms. The van der Waals surface area contributed by atoms with Gasteiger partial charge in [-0.1, -0.05) is 27.2 Å². The van der Waals surface area contributed by atoms with Crippen molar-refractivity contribution in [1.82, 2.24) is 0 Å². The molecule has 15 heavy (non-hydrogen) atoms. The smallest absolute Gasteiger partial charge is 0.308 e. The van der Waals surface area contributed by atoms with Gasteiger partial charge in [-0.3, -0.25) is 4.79 Å². The summed E-state index contributed by atoms with van der Waals surface area (Å²) in [5, 5.41) is 0. The number of esters is 1. The minimum atomic E-state index is -0.286. The molecule has 0 aromatic heterocycles. The second-order valence-electron chi connectivity index (χ2n) is 4.68. The van der Waals surface area contributed by atoms with Crippen LogP contribution >= 0.6 is 0 Å². The molecule has 0 spiro atoms. The summed E-state index contributed by atoms with van der Waals surface area (Å²) >= 11 is 0. The summed E-state index contributed by atoms with van der Waals surface area (Å²) in [6, 6.07) is 0.